The van der Waals surface area contributed by atoms with Crippen molar-refractivity contribution in [3.05, 3.63) is 35.4 Å². The van der Waals surface area contributed by atoms with Gasteiger partial charge in [-0.1, -0.05) is 31.2 Å². The molecule has 0 radical (unpaired) electrons. The van der Waals surface area contributed by atoms with Crippen LogP contribution in [0.4, 0.5) is 0 Å². The third kappa shape index (κ3) is 3.07. The predicted molar refractivity (Wildman–Crippen MR) is 68.7 cm³/mol. The van der Waals surface area contributed by atoms with Crippen molar-refractivity contribution in [1.29, 1.82) is 5.41 Å². The van der Waals surface area contributed by atoms with E-state index in [4.69, 9.17) is 11.1 Å². The molecule has 0 amide bonds. The Kier molecular flexibility index (Phi) is 4.50. The molecule has 0 bridgehead atoms. The van der Waals surface area contributed by atoms with Gasteiger partial charge in [0.15, 0.2) is 0 Å². The van der Waals surface area contributed by atoms with Gasteiger partial charge in [-0.25, -0.2) is 0 Å². The smallest absolute Gasteiger partial charge is 0.123 e. The van der Waals surface area contributed by atoms with E-state index in [9.17, 15) is 0 Å². The maximum Gasteiger partial charge on any atom is 0.123 e. The van der Waals surface area contributed by atoms with Gasteiger partial charge < -0.3 is 5.73 Å². The molecule has 0 heterocycles. The zero-order chi connectivity index (χ0) is 12.1. The lowest BCUT2D eigenvalue weighted by Gasteiger charge is -2.25. The number of nitrogens with two attached hydrogens (primary N) is 1. The average Bonchev–Trinajstić information content (AvgIpc) is 2.25. The van der Waals surface area contributed by atoms with Crippen LogP contribution >= 0.6 is 0 Å². The quantitative estimate of drug-likeness (QED) is 0.589. The first-order valence-corrected chi connectivity index (χ1v) is 5.72. The Bertz CT molecular complexity index is 358. The summed E-state index contributed by atoms with van der Waals surface area (Å²) in [5.41, 5.74) is 7.55. The predicted octanol–water partition coefficient (Wildman–Crippen LogP) is 2.20. The molecule has 3 N–H and O–H groups in total. The number of nitrogens with zero attached hydrogens (tertiary/aromatic N) is 1. The molecule has 88 valence electrons. The molecule has 0 atom stereocenters. The second-order valence-corrected chi connectivity index (χ2v) is 4.23. The van der Waals surface area contributed by atoms with Crippen LogP contribution in [0.2, 0.25) is 0 Å². The summed E-state index contributed by atoms with van der Waals surface area (Å²) in [6, 6.07) is 8.38. The molecule has 1 rings (SSSR count). The molecule has 0 fully saturated rings. The van der Waals surface area contributed by atoms with Gasteiger partial charge >= 0.3 is 0 Å². The summed E-state index contributed by atoms with van der Waals surface area (Å²) in [6.07, 6.45) is 0. The second kappa shape index (κ2) is 5.66. The fourth-order valence-electron chi connectivity index (χ4n) is 1.80. The van der Waals surface area contributed by atoms with E-state index in [0.29, 0.717) is 6.04 Å². The highest BCUT2D eigenvalue weighted by Crippen LogP contribution is 2.12. The summed E-state index contributed by atoms with van der Waals surface area (Å²) in [4.78, 5) is 2.35. The molecule has 3 heteroatoms. The first-order chi connectivity index (χ1) is 7.56. The molecule has 0 aliphatic carbocycles. The van der Waals surface area contributed by atoms with Gasteiger partial charge in [-0.2, -0.15) is 0 Å². The van der Waals surface area contributed by atoms with Crippen molar-refractivity contribution >= 4 is 5.84 Å². The van der Waals surface area contributed by atoms with Gasteiger partial charge in [0, 0.05) is 18.2 Å². The Morgan fingerprint density at radius 2 is 2.00 bits per heavy atom. The van der Waals surface area contributed by atoms with Crippen molar-refractivity contribution in [3.63, 3.8) is 0 Å². The summed E-state index contributed by atoms with van der Waals surface area (Å²) >= 11 is 0. The normalized spacial score (nSPS) is 11.1. The molecule has 0 spiro atoms. The van der Waals surface area contributed by atoms with Crippen molar-refractivity contribution in [3.8, 4) is 0 Å². The highest BCUT2D eigenvalue weighted by molar-refractivity contribution is 5.96. The minimum absolute atomic E-state index is 0.149. The molecule has 1 aromatic rings. The van der Waals surface area contributed by atoms with E-state index < -0.39 is 0 Å². The van der Waals surface area contributed by atoms with Gasteiger partial charge in [-0.15, -0.1) is 0 Å². The lowest BCUT2D eigenvalue weighted by atomic mass is 10.1. The molecule has 0 saturated carbocycles. The molecular formula is C13H21N3. The molecule has 1 aromatic carbocycles. The Labute approximate surface area is 97.8 Å². The van der Waals surface area contributed by atoms with Crippen molar-refractivity contribution in [2.75, 3.05) is 6.54 Å². The number of nitrogens with one attached hydrogen (secondary N) is 1. The minimum atomic E-state index is 0.149. The van der Waals surface area contributed by atoms with Crippen LogP contribution in [0.5, 0.6) is 0 Å². The van der Waals surface area contributed by atoms with Gasteiger partial charge in [0.1, 0.15) is 5.84 Å². The van der Waals surface area contributed by atoms with Crippen LogP contribution in [0.15, 0.2) is 24.3 Å². The van der Waals surface area contributed by atoms with Gasteiger partial charge in [0.25, 0.3) is 0 Å². The zero-order valence-electron chi connectivity index (χ0n) is 10.3. The first-order valence-electron chi connectivity index (χ1n) is 5.72. The van der Waals surface area contributed by atoms with Crippen LogP contribution in [0.1, 0.15) is 31.9 Å². The topological polar surface area (TPSA) is 53.1 Å². The van der Waals surface area contributed by atoms with Crippen LogP contribution in [0.25, 0.3) is 0 Å². The minimum Gasteiger partial charge on any atom is -0.384 e. The fraction of sp³-hybridized carbons (Fsp3) is 0.462. The first kappa shape index (κ1) is 12.7. The third-order valence-electron chi connectivity index (χ3n) is 2.82. The maximum absolute atomic E-state index is 7.54. The molecule has 0 unspecified atom stereocenters. The van der Waals surface area contributed by atoms with E-state index in [1.54, 1.807) is 0 Å². The highest BCUT2D eigenvalue weighted by atomic mass is 15.1. The fourth-order valence-corrected chi connectivity index (χ4v) is 1.80. The number of rotatable bonds is 5. The van der Waals surface area contributed by atoms with E-state index in [0.717, 1.165) is 24.2 Å². The standard InChI is InChI=1S/C13H21N3/c1-4-16(10(2)3)9-11-7-5-6-8-12(11)13(14)15/h5-8,10H,4,9H2,1-3H3,(H3,14,15). The largest absolute Gasteiger partial charge is 0.384 e. The summed E-state index contributed by atoms with van der Waals surface area (Å²) in [5.74, 6) is 0.149. The Morgan fingerprint density at radius 3 is 2.50 bits per heavy atom. The number of hydrogen-bond donors (Lipinski definition) is 2. The number of amidine groups is 1. The molecule has 0 aromatic heterocycles. The number of hydrogen-bond acceptors (Lipinski definition) is 2. The van der Waals surface area contributed by atoms with Crippen LogP contribution in [0, 0.1) is 5.41 Å². The van der Waals surface area contributed by atoms with E-state index in [-0.39, 0.29) is 5.84 Å². The zero-order valence-corrected chi connectivity index (χ0v) is 10.3. The molecule has 0 aliphatic heterocycles. The summed E-state index contributed by atoms with van der Waals surface area (Å²) in [7, 11) is 0. The lowest BCUT2D eigenvalue weighted by molar-refractivity contribution is 0.225. The van der Waals surface area contributed by atoms with Gasteiger partial charge in [-0.05, 0) is 26.0 Å². The summed E-state index contributed by atoms with van der Waals surface area (Å²) in [6.45, 7) is 8.37. The Balaban J connectivity index is 2.91. The molecular weight excluding hydrogens is 198 g/mol. The summed E-state index contributed by atoms with van der Waals surface area (Å²) < 4.78 is 0. The van der Waals surface area contributed by atoms with Crippen molar-refractivity contribution in [1.82, 2.24) is 4.90 Å². The van der Waals surface area contributed by atoms with E-state index in [1.807, 2.05) is 24.3 Å². The second-order valence-electron chi connectivity index (χ2n) is 4.23. The van der Waals surface area contributed by atoms with Crippen LogP contribution in [-0.4, -0.2) is 23.3 Å². The van der Waals surface area contributed by atoms with Gasteiger partial charge in [0.2, 0.25) is 0 Å². The molecule has 0 saturated heterocycles. The van der Waals surface area contributed by atoms with Gasteiger partial charge in [-0.3, -0.25) is 10.3 Å². The monoisotopic (exact) mass is 219 g/mol. The highest BCUT2D eigenvalue weighted by Gasteiger charge is 2.11. The van der Waals surface area contributed by atoms with E-state index >= 15 is 0 Å². The number of benzene rings is 1. The van der Waals surface area contributed by atoms with Gasteiger partial charge in [0.05, 0.1) is 0 Å². The lowest BCUT2D eigenvalue weighted by Crippen LogP contribution is -2.31. The molecule has 0 aliphatic rings. The maximum atomic E-state index is 7.54. The Morgan fingerprint density at radius 1 is 1.38 bits per heavy atom. The molecule has 3 nitrogen and oxygen atoms in total. The van der Waals surface area contributed by atoms with Crippen molar-refractivity contribution in [2.45, 2.75) is 33.4 Å². The molecule has 16 heavy (non-hydrogen) atoms. The van der Waals surface area contributed by atoms with Crippen molar-refractivity contribution in [2.24, 2.45) is 5.73 Å². The van der Waals surface area contributed by atoms with Crippen LogP contribution < -0.4 is 5.73 Å². The number of nitrogen functional groups attached to an aromatic ring is 1. The SMILES string of the molecule is CCN(Cc1ccccc1C(=N)N)C(C)C. The van der Waals surface area contributed by atoms with E-state index in [2.05, 4.69) is 25.7 Å². The average molecular weight is 219 g/mol. The van der Waals surface area contributed by atoms with Crippen LogP contribution in [-0.2, 0) is 6.54 Å². The third-order valence-corrected chi connectivity index (χ3v) is 2.82. The van der Waals surface area contributed by atoms with Crippen molar-refractivity contribution < 1.29 is 0 Å². The van der Waals surface area contributed by atoms with E-state index in [1.165, 1.54) is 0 Å². The van der Waals surface area contributed by atoms with Crippen LogP contribution in [0.3, 0.4) is 0 Å². The Hall–Kier alpha value is -1.35. The summed E-state index contributed by atoms with van der Waals surface area (Å²) in [5, 5.41) is 7.54.